The summed E-state index contributed by atoms with van der Waals surface area (Å²) in [4.78, 5) is 13.2. The first-order valence-corrected chi connectivity index (χ1v) is 8.53. The Hall–Kier alpha value is -2.92. The number of benzene rings is 3. The van der Waals surface area contributed by atoms with E-state index in [2.05, 4.69) is 5.10 Å². The Morgan fingerprint density at radius 2 is 1.72 bits per heavy atom. The van der Waals surface area contributed by atoms with E-state index >= 15 is 0 Å². The van der Waals surface area contributed by atoms with Gasteiger partial charge < -0.3 is 0 Å². The second kappa shape index (κ2) is 6.53. The molecule has 0 amide bonds. The first kappa shape index (κ1) is 15.6. The average Bonchev–Trinajstić information content (AvgIpc) is 3.06. The van der Waals surface area contributed by atoms with E-state index in [1.54, 1.807) is 35.1 Å². The van der Waals surface area contributed by atoms with Crippen LogP contribution in [-0.2, 0) is 0 Å². The summed E-state index contributed by atoms with van der Waals surface area (Å²) >= 11 is 1.19. The maximum atomic E-state index is 13.1. The highest BCUT2D eigenvalue weighted by Gasteiger charge is 2.10. The largest absolute Gasteiger partial charge is 0.281 e. The average molecular weight is 348 g/mol. The third-order valence-corrected chi connectivity index (χ3v) is 4.74. The first-order chi connectivity index (χ1) is 12.2. The lowest BCUT2D eigenvalue weighted by atomic mass is 10.2. The second-order valence-corrected chi connectivity index (χ2v) is 6.56. The minimum Gasteiger partial charge on any atom is -0.281 e. The van der Waals surface area contributed by atoms with Gasteiger partial charge in [-0.25, -0.2) is 9.07 Å². The smallest absolute Gasteiger partial charge is 0.224 e. The van der Waals surface area contributed by atoms with Crippen LogP contribution in [0.2, 0.25) is 0 Å². The van der Waals surface area contributed by atoms with Crippen molar-refractivity contribution in [2.24, 2.45) is 0 Å². The fourth-order valence-corrected chi connectivity index (χ4v) is 3.39. The van der Waals surface area contributed by atoms with Gasteiger partial charge in [-0.05, 0) is 54.2 Å². The van der Waals surface area contributed by atoms with Crippen LogP contribution in [0.1, 0.15) is 10.4 Å². The molecule has 0 N–H and O–H groups in total. The number of aromatic nitrogens is 2. The van der Waals surface area contributed by atoms with E-state index in [1.165, 1.54) is 23.9 Å². The van der Waals surface area contributed by atoms with Crippen molar-refractivity contribution in [3.8, 4) is 5.69 Å². The molecule has 4 rings (SSSR count). The van der Waals surface area contributed by atoms with Crippen LogP contribution in [0.3, 0.4) is 0 Å². The molecule has 1 heterocycles. The molecule has 0 radical (unpaired) electrons. The predicted molar refractivity (Wildman–Crippen MR) is 97.7 cm³/mol. The van der Waals surface area contributed by atoms with E-state index in [4.69, 9.17) is 0 Å². The highest BCUT2D eigenvalue weighted by Crippen LogP contribution is 2.27. The zero-order valence-corrected chi connectivity index (χ0v) is 13.9. The van der Waals surface area contributed by atoms with Crippen LogP contribution in [-0.4, -0.2) is 14.9 Å². The van der Waals surface area contributed by atoms with Crippen LogP contribution in [0.5, 0.6) is 0 Å². The van der Waals surface area contributed by atoms with Gasteiger partial charge in [0.15, 0.2) is 0 Å². The van der Waals surface area contributed by atoms with Crippen molar-refractivity contribution in [1.82, 2.24) is 9.78 Å². The third-order valence-electron chi connectivity index (χ3n) is 3.83. The maximum absolute atomic E-state index is 13.1. The van der Waals surface area contributed by atoms with Crippen molar-refractivity contribution in [3.05, 3.63) is 90.4 Å². The Kier molecular flexibility index (Phi) is 4.07. The van der Waals surface area contributed by atoms with Crippen LogP contribution in [0.25, 0.3) is 16.6 Å². The number of nitrogens with zero attached hydrogens (tertiary/aromatic N) is 2. The quantitative estimate of drug-likeness (QED) is 0.483. The van der Waals surface area contributed by atoms with Crippen LogP contribution in [0.15, 0.2) is 83.9 Å². The molecule has 122 valence electrons. The second-order valence-electron chi connectivity index (χ2n) is 5.51. The topological polar surface area (TPSA) is 34.9 Å². The summed E-state index contributed by atoms with van der Waals surface area (Å²) in [5.41, 5.74) is 2.37. The monoisotopic (exact) mass is 348 g/mol. The van der Waals surface area contributed by atoms with Crippen molar-refractivity contribution in [2.75, 3.05) is 0 Å². The predicted octanol–water partition coefficient (Wildman–Crippen LogP) is 5.10. The van der Waals surface area contributed by atoms with E-state index in [0.29, 0.717) is 5.56 Å². The van der Waals surface area contributed by atoms with E-state index in [9.17, 15) is 9.18 Å². The molecule has 0 aliphatic carbocycles. The number of carbonyl (C=O) groups excluding carboxylic acids is 1. The highest BCUT2D eigenvalue weighted by molar-refractivity contribution is 8.14. The summed E-state index contributed by atoms with van der Waals surface area (Å²) in [5.74, 6) is -0.279. The molecule has 0 bridgehead atoms. The molecule has 5 heteroatoms. The Balaban J connectivity index is 1.63. The van der Waals surface area contributed by atoms with Gasteiger partial charge in [-0.3, -0.25) is 4.79 Å². The zero-order valence-electron chi connectivity index (χ0n) is 13.1. The Labute approximate surface area is 148 Å². The molecule has 0 fully saturated rings. The van der Waals surface area contributed by atoms with Gasteiger partial charge in [-0.2, -0.15) is 5.10 Å². The van der Waals surface area contributed by atoms with Crippen molar-refractivity contribution < 1.29 is 9.18 Å². The Morgan fingerprint density at radius 1 is 0.960 bits per heavy atom. The van der Waals surface area contributed by atoms with E-state index in [0.717, 1.165) is 21.5 Å². The molecular formula is C20H13FN2OS. The SMILES string of the molecule is O=C(Sc1ccc2c(cnn2-c2ccc(F)cc2)c1)c1ccccc1. The first-order valence-electron chi connectivity index (χ1n) is 7.72. The minimum atomic E-state index is -0.279. The van der Waals surface area contributed by atoms with Crippen molar-refractivity contribution in [1.29, 1.82) is 0 Å². The lowest BCUT2D eigenvalue weighted by molar-refractivity contribution is 0.108. The molecule has 4 aromatic rings. The number of thioether (sulfide) groups is 1. The molecule has 25 heavy (non-hydrogen) atoms. The molecule has 1 aromatic heterocycles. The summed E-state index contributed by atoms with van der Waals surface area (Å²) in [7, 11) is 0. The molecule has 0 spiro atoms. The van der Waals surface area contributed by atoms with Crippen molar-refractivity contribution in [2.45, 2.75) is 4.90 Å². The van der Waals surface area contributed by atoms with Crippen molar-refractivity contribution >= 4 is 27.8 Å². The zero-order chi connectivity index (χ0) is 17.2. The van der Waals surface area contributed by atoms with E-state index in [-0.39, 0.29) is 10.9 Å². The van der Waals surface area contributed by atoms with Gasteiger partial charge in [-0.1, -0.05) is 30.3 Å². The normalized spacial score (nSPS) is 10.9. The summed E-state index contributed by atoms with van der Waals surface area (Å²) < 4.78 is 14.8. The molecular weight excluding hydrogens is 335 g/mol. The lowest BCUT2D eigenvalue weighted by Gasteiger charge is -2.05. The summed E-state index contributed by atoms with van der Waals surface area (Å²) in [6.45, 7) is 0. The van der Waals surface area contributed by atoms with Gasteiger partial charge in [0.2, 0.25) is 5.12 Å². The fourth-order valence-electron chi connectivity index (χ4n) is 2.60. The van der Waals surface area contributed by atoms with Crippen LogP contribution in [0.4, 0.5) is 4.39 Å². The van der Waals surface area contributed by atoms with Gasteiger partial charge in [0.25, 0.3) is 0 Å². The molecule has 3 aromatic carbocycles. The molecule has 0 atom stereocenters. The number of rotatable bonds is 3. The number of halogens is 1. The molecule has 0 aliphatic rings. The molecule has 0 aliphatic heterocycles. The maximum Gasteiger partial charge on any atom is 0.224 e. The fraction of sp³-hybridized carbons (Fsp3) is 0. The van der Waals surface area contributed by atoms with Gasteiger partial charge in [0.05, 0.1) is 17.4 Å². The number of fused-ring (bicyclic) bond motifs is 1. The lowest BCUT2D eigenvalue weighted by Crippen LogP contribution is -1.96. The summed E-state index contributed by atoms with van der Waals surface area (Å²) in [6, 6.07) is 21.1. The van der Waals surface area contributed by atoms with Crippen molar-refractivity contribution in [3.63, 3.8) is 0 Å². The Bertz CT molecular complexity index is 1040. The minimum absolute atomic E-state index is 0.00544. The summed E-state index contributed by atoms with van der Waals surface area (Å²) in [5, 5.41) is 5.31. The third kappa shape index (κ3) is 3.19. The molecule has 3 nitrogen and oxygen atoms in total. The molecule has 0 saturated carbocycles. The summed E-state index contributed by atoms with van der Waals surface area (Å²) in [6.07, 6.45) is 1.75. The molecule has 0 saturated heterocycles. The number of carbonyl (C=O) groups is 1. The van der Waals surface area contributed by atoms with E-state index < -0.39 is 0 Å². The highest BCUT2D eigenvalue weighted by atomic mass is 32.2. The van der Waals surface area contributed by atoms with Crippen LogP contribution < -0.4 is 0 Å². The number of hydrogen-bond donors (Lipinski definition) is 0. The van der Waals surface area contributed by atoms with Gasteiger partial charge in [0.1, 0.15) is 5.82 Å². The van der Waals surface area contributed by atoms with Crippen LogP contribution in [0, 0.1) is 5.82 Å². The van der Waals surface area contributed by atoms with Gasteiger partial charge >= 0.3 is 0 Å². The standard InChI is InChI=1S/C20H13FN2OS/c21-16-6-8-17(9-7-16)23-19-11-10-18(12-15(19)13-22-23)25-20(24)14-4-2-1-3-5-14/h1-13H. The van der Waals surface area contributed by atoms with Gasteiger partial charge in [0, 0.05) is 15.8 Å². The van der Waals surface area contributed by atoms with E-state index in [1.807, 2.05) is 36.4 Å². The molecule has 0 unspecified atom stereocenters. The Morgan fingerprint density at radius 3 is 2.48 bits per heavy atom. The van der Waals surface area contributed by atoms with Crippen LogP contribution >= 0.6 is 11.8 Å². The van der Waals surface area contributed by atoms with Gasteiger partial charge in [-0.15, -0.1) is 0 Å². The number of hydrogen-bond acceptors (Lipinski definition) is 3.